The largest absolute Gasteiger partial charge is 0.756 e. The minimum atomic E-state index is -4.47. The van der Waals surface area contributed by atoms with E-state index in [9.17, 15) is 19.0 Å². The Hall–Kier alpha value is -1.25. The van der Waals surface area contributed by atoms with Gasteiger partial charge in [0.1, 0.15) is 6.61 Å². The monoisotopic (exact) mass is 382 g/mol. The van der Waals surface area contributed by atoms with Crippen LogP contribution in [0.15, 0.2) is 12.2 Å². The molecule has 0 saturated carbocycles. The van der Waals surface area contributed by atoms with E-state index in [0.29, 0.717) is 0 Å². The molecule has 10 heteroatoms. The molecule has 0 amide bonds. The van der Waals surface area contributed by atoms with E-state index >= 15 is 0 Å². The van der Waals surface area contributed by atoms with Crippen LogP contribution in [0.2, 0.25) is 0 Å². The summed E-state index contributed by atoms with van der Waals surface area (Å²) in [6, 6.07) is 0. The first-order chi connectivity index (χ1) is 11.4. The summed E-state index contributed by atoms with van der Waals surface area (Å²) in [6.45, 7) is 6.97. The average Bonchev–Trinajstić information content (AvgIpc) is 2.48. The second-order valence-corrected chi connectivity index (χ2v) is 6.76. The molecule has 9 nitrogen and oxygen atoms in total. The maximum Gasteiger partial charge on any atom is 0.333 e. The number of rotatable bonds is 10. The van der Waals surface area contributed by atoms with Gasteiger partial charge < -0.3 is 28.3 Å². The van der Waals surface area contributed by atoms with Gasteiger partial charge in [-0.25, -0.2) is 4.79 Å². The summed E-state index contributed by atoms with van der Waals surface area (Å²) in [5.41, 5.74) is 0.122. The molecular formula is C15H29NO8P-. The number of carbonyl (C=O) groups excluding carboxylic acids is 2. The van der Waals surface area contributed by atoms with Crippen LogP contribution in [0.5, 0.6) is 0 Å². The molecule has 0 aromatic rings. The summed E-state index contributed by atoms with van der Waals surface area (Å²) in [4.78, 5) is 35.8. The van der Waals surface area contributed by atoms with E-state index in [1.54, 1.807) is 6.92 Å². The topological polar surface area (TPSA) is 114 Å². The third-order valence-corrected chi connectivity index (χ3v) is 3.09. The lowest BCUT2D eigenvalue weighted by molar-refractivity contribution is -0.227. The Morgan fingerprint density at radius 3 is 2.08 bits per heavy atom. The SMILES string of the molecule is C=C(C)C(=O)OC(COC(=O)CC)COP(=O)([O-])OCC.CN(C)C. The lowest BCUT2D eigenvalue weighted by Crippen LogP contribution is -2.30. The summed E-state index contributed by atoms with van der Waals surface area (Å²) in [7, 11) is 1.53. The van der Waals surface area contributed by atoms with Crippen molar-refractivity contribution in [3.05, 3.63) is 12.2 Å². The van der Waals surface area contributed by atoms with Crippen LogP contribution < -0.4 is 4.89 Å². The predicted octanol–water partition coefficient (Wildman–Crippen LogP) is 1.13. The van der Waals surface area contributed by atoms with Crippen molar-refractivity contribution in [2.45, 2.75) is 33.3 Å². The Balaban J connectivity index is 0. The van der Waals surface area contributed by atoms with Crippen molar-refractivity contribution < 1.29 is 37.6 Å². The highest BCUT2D eigenvalue weighted by Gasteiger charge is 2.20. The predicted molar refractivity (Wildman–Crippen MR) is 90.7 cm³/mol. The minimum Gasteiger partial charge on any atom is -0.756 e. The minimum absolute atomic E-state index is 0.0815. The summed E-state index contributed by atoms with van der Waals surface area (Å²) < 4.78 is 29.9. The van der Waals surface area contributed by atoms with Crippen LogP contribution in [-0.2, 0) is 32.7 Å². The molecule has 148 valence electrons. The third-order valence-electron chi connectivity index (χ3n) is 2.05. The quantitative estimate of drug-likeness (QED) is 0.311. The number of phosphoric acid groups is 1. The summed E-state index contributed by atoms with van der Waals surface area (Å²) in [6.07, 6.45) is -0.937. The van der Waals surface area contributed by atoms with Crippen molar-refractivity contribution >= 4 is 19.8 Å². The van der Waals surface area contributed by atoms with E-state index in [2.05, 4.69) is 15.6 Å². The average molecular weight is 382 g/mol. The molecule has 0 fully saturated rings. The van der Waals surface area contributed by atoms with Crippen molar-refractivity contribution in [3.8, 4) is 0 Å². The first-order valence-corrected chi connectivity index (χ1v) is 9.14. The van der Waals surface area contributed by atoms with Gasteiger partial charge in [-0.2, -0.15) is 0 Å². The van der Waals surface area contributed by atoms with Crippen LogP contribution in [0.1, 0.15) is 27.2 Å². The summed E-state index contributed by atoms with van der Waals surface area (Å²) in [5.74, 6) is -1.25. The lowest BCUT2D eigenvalue weighted by Gasteiger charge is -2.25. The molecule has 0 rings (SSSR count). The van der Waals surface area contributed by atoms with Gasteiger partial charge in [0.05, 0.1) is 13.2 Å². The molecule has 0 spiro atoms. The van der Waals surface area contributed by atoms with Gasteiger partial charge in [0.15, 0.2) is 6.10 Å². The van der Waals surface area contributed by atoms with E-state index in [1.165, 1.54) is 13.8 Å². The highest BCUT2D eigenvalue weighted by atomic mass is 31.2. The number of phosphoric ester groups is 1. The molecular weight excluding hydrogens is 353 g/mol. The van der Waals surface area contributed by atoms with Gasteiger partial charge in [-0.3, -0.25) is 9.36 Å². The molecule has 0 aliphatic heterocycles. The zero-order valence-electron chi connectivity index (χ0n) is 15.8. The maximum absolute atomic E-state index is 11.4. The van der Waals surface area contributed by atoms with Crippen LogP contribution >= 0.6 is 7.82 Å². The van der Waals surface area contributed by atoms with Gasteiger partial charge in [-0.15, -0.1) is 0 Å². The van der Waals surface area contributed by atoms with Crippen molar-refractivity contribution in [3.63, 3.8) is 0 Å². The smallest absolute Gasteiger partial charge is 0.333 e. The Kier molecular flexibility index (Phi) is 14.5. The zero-order valence-corrected chi connectivity index (χ0v) is 16.7. The molecule has 0 N–H and O–H groups in total. The van der Waals surface area contributed by atoms with Crippen molar-refractivity contribution in [1.82, 2.24) is 4.90 Å². The summed E-state index contributed by atoms with van der Waals surface area (Å²) in [5, 5.41) is 0. The number of hydrogen-bond acceptors (Lipinski definition) is 9. The van der Waals surface area contributed by atoms with Crippen molar-refractivity contribution in [2.24, 2.45) is 0 Å². The fourth-order valence-corrected chi connectivity index (χ4v) is 1.77. The Bertz CT molecular complexity index is 464. The Morgan fingerprint density at radius 2 is 1.68 bits per heavy atom. The fourth-order valence-electron chi connectivity index (χ4n) is 1.03. The number of carbonyl (C=O) groups is 2. The highest BCUT2D eigenvalue weighted by Crippen LogP contribution is 2.38. The van der Waals surface area contributed by atoms with Crippen molar-refractivity contribution in [2.75, 3.05) is 41.0 Å². The molecule has 0 aromatic carbocycles. The fraction of sp³-hybridized carbons (Fsp3) is 0.733. The first-order valence-electron chi connectivity index (χ1n) is 7.68. The lowest BCUT2D eigenvalue weighted by atomic mass is 10.3. The number of nitrogens with zero attached hydrogens (tertiary/aromatic N) is 1. The molecule has 2 unspecified atom stereocenters. The maximum atomic E-state index is 11.4. The van der Waals surface area contributed by atoms with E-state index in [0.717, 1.165) is 0 Å². The molecule has 0 aromatic heterocycles. The number of esters is 2. The van der Waals surface area contributed by atoms with Crippen LogP contribution in [0.4, 0.5) is 0 Å². The van der Waals surface area contributed by atoms with Gasteiger partial charge >= 0.3 is 11.9 Å². The number of hydrogen-bond donors (Lipinski definition) is 0. The standard InChI is InChI=1S/C12H21O8P.C3H9N/c1-5-11(13)17-7-10(20-12(14)9(3)4)8-19-21(15,16)18-6-2;1-4(2)3/h10H,3,5-8H2,1-2,4H3,(H,15,16);1-3H3/p-1. The highest BCUT2D eigenvalue weighted by molar-refractivity contribution is 7.45. The van der Waals surface area contributed by atoms with Crippen LogP contribution in [0.25, 0.3) is 0 Å². The first kappa shape index (κ1) is 26.0. The number of ether oxygens (including phenoxy) is 2. The second-order valence-electron chi connectivity index (χ2n) is 5.35. The van der Waals surface area contributed by atoms with Crippen LogP contribution in [0.3, 0.4) is 0 Å². The zero-order chi connectivity index (χ0) is 20.0. The molecule has 0 heterocycles. The van der Waals surface area contributed by atoms with Gasteiger partial charge in [0.25, 0.3) is 7.82 Å². The Morgan fingerprint density at radius 1 is 1.16 bits per heavy atom. The van der Waals surface area contributed by atoms with E-state index in [1.807, 2.05) is 26.0 Å². The third kappa shape index (κ3) is 17.4. The molecule has 0 radical (unpaired) electrons. The van der Waals surface area contributed by atoms with Gasteiger partial charge in [0.2, 0.25) is 0 Å². The van der Waals surface area contributed by atoms with Gasteiger partial charge in [-0.05, 0) is 35.0 Å². The molecule has 0 bridgehead atoms. The van der Waals surface area contributed by atoms with Crippen LogP contribution in [-0.4, -0.2) is 63.9 Å². The molecule has 0 saturated heterocycles. The summed E-state index contributed by atoms with van der Waals surface area (Å²) >= 11 is 0. The van der Waals surface area contributed by atoms with E-state index in [-0.39, 0.29) is 25.2 Å². The molecule has 2 atom stereocenters. The van der Waals surface area contributed by atoms with Crippen LogP contribution in [0, 0.1) is 0 Å². The molecule has 25 heavy (non-hydrogen) atoms. The van der Waals surface area contributed by atoms with E-state index < -0.39 is 32.5 Å². The second kappa shape index (κ2) is 14.0. The van der Waals surface area contributed by atoms with Gasteiger partial charge in [-0.1, -0.05) is 13.5 Å². The molecule has 0 aliphatic carbocycles. The molecule has 0 aliphatic rings. The van der Waals surface area contributed by atoms with Gasteiger partial charge in [0, 0.05) is 12.0 Å². The Labute approximate surface area is 149 Å². The normalized spacial score (nSPS) is 13.9. The van der Waals surface area contributed by atoms with E-state index in [4.69, 9.17) is 9.47 Å². The van der Waals surface area contributed by atoms with Crippen molar-refractivity contribution in [1.29, 1.82) is 0 Å².